The Hall–Kier alpha value is -0.530. The number of hydrogen-bond acceptors (Lipinski definition) is 1. The lowest BCUT2D eigenvalue weighted by Crippen LogP contribution is -2.27. The summed E-state index contributed by atoms with van der Waals surface area (Å²) in [6.07, 6.45) is 11.2. The van der Waals surface area contributed by atoms with Crippen molar-refractivity contribution in [2.75, 3.05) is 0 Å². The summed E-state index contributed by atoms with van der Waals surface area (Å²) in [6.45, 7) is 0. The molecule has 2 nitrogen and oxygen atoms in total. The average molecular weight is 195 g/mol. The second-order valence-electron chi connectivity index (χ2n) is 4.90. The molecule has 0 aromatic rings. The van der Waals surface area contributed by atoms with Crippen LogP contribution >= 0.6 is 0 Å². The summed E-state index contributed by atoms with van der Waals surface area (Å²) in [5.41, 5.74) is 0. The van der Waals surface area contributed by atoms with E-state index in [1.165, 1.54) is 51.4 Å². The van der Waals surface area contributed by atoms with Crippen molar-refractivity contribution in [3.63, 3.8) is 0 Å². The molecule has 2 aliphatic rings. The van der Waals surface area contributed by atoms with E-state index in [0.717, 1.165) is 6.42 Å². The lowest BCUT2D eigenvalue weighted by molar-refractivity contribution is -0.122. The molecule has 1 amide bonds. The van der Waals surface area contributed by atoms with E-state index in [2.05, 4.69) is 5.32 Å². The summed E-state index contributed by atoms with van der Waals surface area (Å²) in [6, 6.07) is 0.535. The minimum absolute atomic E-state index is 0.305. The second-order valence-corrected chi connectivity index (χ2v) is 4.90. The van der Waals surface area contributed by atoms with Gasteiger partial charge < -0.3 is 5.32 Å². The molecule has 1 N–H and O–H groups in total. The zero-order valence-electron chi connectivity index (χ0n) is 8.93. The molecule has 2 saturated carbocycles. The first kappa shape index (κ1) is 10.0. The van der Waals surface area contributed by atoms with E-state index >= 15 is 0 Å². The highest BCUT2D eigenvalue weighted by Crippen LogP contribution is 2.26. The molecular formula is C12H21NO. The smallest absolute Gasteiger partial charge is 0.220 e. The van der Waals surface area contributed by atoms with E-state index in [1.54, 1.807) is 0 Å². The van der Waals surface area contributed by atoms with Crippen LogP contribution in [0.4, 0.5) is 0 Å². The number of hydrogen-bond donors (Lipinski definition) is 1. The number of rotatable bonds is 3. The molecule has 0 spiro atoms. The fourth-order valence-corrected chi connectivity index (χ4v) is 2.34. The van der Waals surface area contributed by atoms with Crippen molar-refractivity contribution in [1.82, 2.24) is 5.32 Å². The third-order valence-corrected chi connectivity index (χ3v) is 3.39. The predicted octanol–water partition coefficient (Wildman–Crippen LogP) is 2.63. The highest BCUT2D eigenvalue weighted by Gasteiger charge is 2.24. The van der Waals surface area contributed by atoms with Crippen LogP contribution in [-0.4, -0.2) is 11.9 Å². The van der Waals surface area contributed by atoms with Crippen molar-refractivity contribution >= 4 is 5.91 Å². The zero-order chi connectivity index (χ0) is 9.80. The quantitative estimate of drug-likeness (QED) is 0.689. The van der Waals surface area contributed by atoms with Crippen LogP contribution in [0.5, 0.6) is 0 Å². The van der Waals surface area contributed by atoms with E-state index < -0.39 is 0 Å². The molecule has 2 aliphatic carbocycles. The summed E-state index contributed by atoms with van der Waals surface area (Å²) in [5, 5.41) is 3.08. The van der Waals surface area contributed by atoms with Crippen LogP contribution in [0.3, 0.4) is 0 Å². The van der Waals surface area contributed by atoms with E-state index in [9.17, 15) is 4.79 Å². The fraction of sp³-hybridized carbons (Fsp3) is 0.917. The van der Waals surface area contributed by atoms with Gasteiger partial charge in [0.15, 0.2) is 0 Å². The number of carbonyl (C=O) groups is 1. The molecule has 2 fully saturated rings. The minimum atomic E-state index is 0.305. The zero-order valence-corrected chi connectivity index (χ0v) is 8.93. The van der Waals surface area contributed by atoms with Gasteiger partial charge in [-0.15, -0.1) is 0 Å². The molecule has 14 heavy (non-hydrogen) atoms. The van der Waals surface area contributed by atoms with Gasteiger partial charge in [0.1, 0.15) is 0 Å². The Morgan fingerprint density at radius 2 is 1.64 bits per heavy atom. The van der Waals surface area contributed by atoms with Gasteiger partial charge in [-0.25, -0.2) is 0 Å². The molecule has 2 rings (SSSR count). The molecule has 0 heterocycles. The van der Waals surface area contributed by atoms with Crippen LogP contribution in [0.15, 0.2) is 0 Å². The van der Waals surface area contributed by atoms with Crippen LogP contribution < -0.4 is 5.32 Å². The molecule has 0 aromatic carbocycles. The monoisotopic (exact) mass is 195 g/mol. The van der Waals surface area contributed by atoms with E-state index in [-0.39, 0.29) is 0 Å². The number of nitrogens with one attached hydrogen (secondary N) is 1. The van der Waals surface area contributed by atoms with Crippen molar-refractivity contribution in [3.8, 4) is 0 Å². The normalized spacial score (nSPS) is 24.3. The molecule has 0 unspecified atom stereocenters. The lowest BCUT2D eigenvalue weighted by atomic mass is 9.96. The highest BCUT2D eigenvalue weighted by molar-refractivity contribution is 5.76. The van der Waals surface area contributed by atoms with Crippen LogP contribution in [-0.2, 0) is 4.79 Å². The first-order valence-electron chi connectivity index (χ1n) is 6.14. The standard InChI is InChI=1S/C12H21NO/c14-12(13-11-7-8-11)9-10-5-3-1-2-4-6-10/h10-11H,1-9H2,(H,13,14). The van der Waals surface area contributed by atoms with Gasteiger partial charge in [0.05, 0.1) is 0 Å². The van der Waals surface area contributed by atoms with Gasteiger partial charge >= 0.3 is 0 Å². The van der Waals surface area contributed by atoms with Crippen molar-refractivity contribution in [2.45, 2.75) is 63.8 Å². The molecular weight excluding hydrogens is 174 g/mol. The maximum absolute atomic E-state index is 11.6. The van der Waals surface area contributed by atoms with E-state index in [0.29, 0.717) is 17.9 Å². The largest absolute Gasteiger partial charge is 0.353 e. The van der Waals surface area contributed by atoms with Crippen LogP contribution in [0, 0.1) is 5.92 Å². The molecule has 0 saturated heterocycles. The molecule has 2 heteroatoms. The SMILES string of the molecule is O=C(CC1CCCCCC1)NC1CC1. The van der Waals surface area contributed by atoms with Gasteiger partial charge in [-0.3, -0.25) is 4.79 Å². The van der Waals surface area contributed by atoms with Crippen LogP contribution in [0.2, 0.25) is 0 Å². The molecule has 0 aliphatic heterocycles. The van der Waals surface area contributed by atoms with Gasteiger partial charge in [0.2, 0.25) is 5.91 Å². The van der Waals surface area contributed by atoms with Crippen molar-refractivity contribution in [1.29, 1.82) is 0 Å². The van der Waals surface area contributed by atoms with Gasteiger partial charge in [-0.05, 0) is 31.6 Å². The first-order chi connectivity index (χ1) is 6.84. The third kappa shape index (κ3) is 3.32. The summed E-state index contributed by atoms with van der Waals surface area (Å²) in [4.78, 5) is 11.6. The number of amides is 1. The Bertz CT molecular complexity index is 190. The molecule has 80 valence electrons. The van der Waals surface area contributed by atoms with Crippen molar-refractivity contribution < 1.29 is 4.79 Å². The highest BCUT2D eigenvalue weighted by atomic mass is 16.1. The molecule has 0 aromatic heterocycles. The lowest BCUT2D eigenvalue weighted by Gasteiger charge is -2.13. The molecule has 0 atom stereocenters. The average Bonchev–Trinajstić information content (AvgIpc) is 2.93. The van der Waals surface area contributed by atoms with E-state index in [1.807, 2.05) is 0 Å². The Kier molecular flexibility index (Phi) is 3.44. The van der Waals surface area contributed by atoms with Gasteiger partial charge in [0, 0.05) is 12.5 Å². The summed E-state index contributed by atoms with van der Waals surface area (Å²) < 4.78 is 0. The summed E-state index contributed by atoms with van der Waals surface area (Å²) in [5.74, 6) is 0.982. The predicted molar refractivity (Wildman–Crippen MR) is 57.0 cm³/mol. The molecule has 0 bridgehead atoms. The summed E-state index contributed by atoms with van der Waals surface area (Å²) >= 11 is 0. The Morgan fingerprint density at radius 3 is 2.21 bits per heavy atom. The van der Waals surface area contributed by atoms with Gasteiger partial charge in [0.25, 0.3) is 0 Å². The fourth-order valence-electron chi connectivity index (χ4n) is 2.34. The van der Waals surface area contributed by atoms with Gasteiger partial charge in [-0.2, -0.15) is 0 Å². The number of carbonyl (C=O) groups excluding carboxylic acids is 1. The third-order valence-electron chi connectivity index (χ3n) is 3.39. The van der Waals surface area contributed by atoms with Crippen LogP contribution in [0.1, 0.15) is 57.8 Å². The van der Waals surface area contributed by atoms with Crippen molar-refractivity contribution in [3.05, 3.63) is 0 Å². The van der Waals surface area contributed by atoms with Gasteiger partial charge in [-0.1, -0.05) is 25.7 Å². The Morgan fingerprint density at radius 1 is 1.00 bits per heavy atom. The van der Waals surface area contributed by atoms with Crippen LogP contribution in [0.25, 0.3) is 0 Å². The topological polar surface area (TPSA) is 29.1 Å². The molecule has 0 radical (unpaired) electrons. The maximum atomic E-state index is 11.6. The maximum Gasteiger partial charge on any atom is 0.220 e. The minimum Gasteiger partial charge on any atom is -0.353 e. The Balaban J connectivity index is 1.68. The first-order valence-corrected chi connectivity index (χ1v) is 6.14. The second kappa shape index (κ2) is 4.81. The Labute approximate surface area is 86.5 Å². The summed E-state index contributed by atoms with van der Waals surface area (Å²) in [7, 11) is 0. The van der Waals surface area contributed by atoms with Crippen molar-refractivity contribution in [2.24, 2.45) is 5.92 Å². The van der Waals surface area contributed by atoms with E-state index in [4.69, 9.17) is 0 Å².